The zero-order valence-electron chi connectivity index (χ0n) is 24.8. The molecule has 0 unspecified atom stereocenters. The number of aliphatic hydroxyl groups excluding tert-OH is 2. The van der Waals surface area contributed by atoms with Crippen LogP contribution in [0.1, 0.15) is 70.8 Å². The molecule has 2 rings (SSSR count). The average molecular weight is 598 g/mol. The van der Waals surface area contributed by atoms with Crippen LogP contribution in [0.2, 0.25) is 0 Å². The van der Waals surface area contributed by atoms with E-state index in [-0.39, 0.29) is 25.9 Å². The zero-order valence-corrected chi connectivity index (χ0v) is 25.6. The smallest absolute Gasteiger partial charge is 0.242 e. The van der Waals surface area contributed by atoms with Gasteiger partial charge in [-0.05, 0) is 37.2 Å². The van der Waals surface area contributed by atoms with Crippen LogP contribution in [0.4, 0.5) is 0 Å². The Morgan fingerprint density at radius 1 is 1.02 bits per heavy atom. The lowest BCUT2D eigenvalue weighted by Crippen LogP contribution is -2.56. The first-order chi connectivity index (χ1) is 19.5. The summed E-state index contributed by atoms with van der Waals surface area (Å²) in [6.07, 6.45) is 4.65. The summed E-state index contributed by atoms with van der Waals surface area (Å²) in [5, 5.41) is 26.9. The van der Waals surface area contributed by atoms with Gasteiger partial charge in [-0.15, -0.1) is 0 Å². The highest BCUT2D eigenvalue weighted by atomic mass is 32.2. The van der Waals surface area contributed by atoms with Crippen LogP contribution in [-0.4, -0.2) is 84.9 Å². The van der Waals surface area contributed by atoms with Gasteiger partial charge in [-0.25, -0.2) is 12.7 Å². The van der Waals surface area contributed by atoms with Gasteiger partial charge in [0.05, 0.1) is 29.9 Å². The maximum absolute atomic E-state index is 13.5. The molecule has 0 saturated heterocycles. The Bertz CT molecular complexity index is 1020. The van der Waals surface area contributed by atoms with Crippen LogP contribution in [0, 0.1) is 11.8 Å². The molecule has 0 heterocycles. The van der Waals surface area contributed by atoms with Crippen LogP contribution in [0.3, 0.4) is 0 Å². The maximum Gasteiger partial charge on any atom is 0.242 e. The van der Waals surface area contributed by atoms with Crippen molar-refractivity contribution in [3.63, 3.8) is 0 Å². The Kier molecular flexibility index (Phi) is 15.2. The van der Waals surface area contributed by atoms with E-state index in [4.69, 9.17) is 5.84 Å². The van der Waals surface area contributed by atoms with Crippen molar-refractivity contribution in [3.8, 4) is 0 Å². The summed E-state index contributed by atoms with van der Waals surface area (Å²) in [7, 11) is -2.36. The number of carbonyl (C=O) groups is 2. The number of amides is 2. The second-order valence-electron chi connectivity index (χ2n) is 11.2. The van der Waals surface area contributed by atoms with Crippen molar-refractivity contribution in [2.45, 2.75) is 95.9 Å². The minimum atomic E-state index is -3.80. The molecule has 1 aliphatic rings. The Morgan fingerprint density at radius 3 is 2.27 bits per heavy atom. The largest absolute Gasteiger partial charge is 0.390 e. The summed E-state index contributed by atoms with van der Waals surface area (Å²) in [5.74, 6) is 3.26. The topological polar surface area (TPSA) is 174 Å². The summed E-state index contributed by atoms with van der Waals surface area (Å²) in [6.45, 7) is 3.93. The molecule has 0 spiro atoms. The number of nitrogens with zero attached hydrogens (tertiary/aromatic N) is 1. The first kappa shape index (κ1) is 35.1. The Labute approximate surface area is 245 Å². The standard InChI is InChI=1S/C29H51N5O6S/c1-4-24(29(38)33-25(27(36)26(35)5-2)19-22-14-10-7-11-15-22)32-28(37)23(18-21-12-8-6-9-13-21)20-41(39,40)34(3)17-16-31-30/h6,8-9,12-13,22-27,31,35-36H,4-5,7,10-11,14-20,30H2,1-3H3,(H,32,37)(H,33,38)/t23-,24+,25+,26+,27-/m1/s1. The molecule has 1 fully saturated rings. The molecule has 1 aromatic carbocycles. The van der Waals surface area contributed by atoms with Gasteiger partial charge in [0, 0.05) is 20.1 Å². The number of aliphatic hydroxyl groups is 2. The molecule has 5 atom stereocenters. The molecular weight excluding hydrogens is 546 g/mol. The van der Waals surface area contributed by atoms with Crippen LogP contribution in [-0.2, 0) is 26.0 Å². The van der Waals surface area contributed by atoms with Gasteiger partial charge in [-0.1, -0.05) is 76.3 Å². The predicted molar refractivity (Wildman–Crippen MR) is 160 cm³/mol. The Balaban J connectivity index is 2.19. The molecule has 0 aromatic heterocycles. The monoisotopic (exact) mass is 597 g/mol. The quantitative estimate of drug-likeness (QED) is 0.108. The highest BCUT2D eigenvalue weighted by Crippen LogP contribution is 2.28. The molecular formula is C29H51N5O6S. The van der Waals surface area contributed by atoms with Crippen LogP contribution in [0.15, 0.2) is 30.3 Å². The van der Waals surface area contributed by atoms with Gasteiger partial charge >= 0.3 is 0 Å². The fraction of sp³-hybridized carbons (Fsp3) is 0.724. The third-order valence-electron chi connectivity index (χ3n) is 8.06. The third-order valence-corrected chi connectivity index (χ3v) is 10.0. The number of benzene rings is 1. The van der Waals surface area contributed by atoms with Gasteiger partial charge in [0.2, 0.25) is 21.8 Å². The van der Waals surface area contributed by atoms with E-state index < -0.39 is 57.8 Å². The fourth-order valence-electron chi connectivity index (χ4n) is 5.37. The molecule has 12 heteroatoms. The number of hydrogen-bond donors (Lipinski definition) is 6. The summed E-state index contributed by atoms with van der Waals surface area (Å²) in [4.78, 5) is 26.9. The molecule has 7 N–H and O–H groups in total. The third kappa shape index (κ3) is 11.6. The molecule has 1 aromatic rings. The highest BCUT2D eigenvalue weighted by molar-refractivity contribution is 7.89. The predicted octanol–water partition coefficient (Wildman–Crippen LogP) is 1.05. The normalized spacial score (nSPS) is 18.3. The number of nitrogens with one attached hydrogen (secondary N) is 3. The van der Waals surface area contributed by atoms with E-state index in [0.717, 1.165) is 31.2 Å². The summed E-state index contributed by atoms with van der Waals surface area (Å²) >= 11 is 0. The van der Waals surface area contributed by atoms with E-state index in [0.29, 0.717) is 18.8 Å². The number of sulfonamides is 1. The number of carbonyl (C=O) groups excluding carboxylic acids is 2. The Morgan fingerprint density at radius 2 is 1.68 bits per heavy atom. The molecule has 0 aliphatic heterocycles. The van der Waals surface area contributed by atoms with Gasteiger partial charge in [0.15, 0.2) is 0 Å². The van der Waals surface area contributed by atoms with Crippen molar-refractivity contribution in [1.29, 1.82) is 0 Å². The molecule has 1 saturated carbocycles. The Hall–Kier alpha value is -2.09. The van der Waals surface area contributed by atoms with Crippen LogP contribution in [0.5, 0.6) is 0 Å². The van der Waals surface area contributed by atoms with Crippen molar-refractivity contribution in [1.82, 2.24) is 20.4 Å². The average Bonchev–Trinajstić information content (AvgIpc) is 2.97. The number of likely N-dealkylation sites (N-methyl/N-ethyl adjacent to an activating group) is 1. The van der Waals surface area contributed by atoms with Crippen molar-refractivity contribution < 1.29 is 28.2 Å². The van der Waals surface area contributed by atoms with Gasteiger partial charge in [-0.2, -0.15) is 0 Å². The summed E-state index contributed by atoms with van der Waals surface area (Å²) < 4.78 is 27.3. The van der Waals surface area contributed by atoms with Crippen LogP contribution < -0.4 is 21.9 Å². The van der Waals surface area contributed by atoms with Gasteiger partial charge < -0.3 is 20.8 Å². The van der Waals surface area contributed by atoms with Gasteiger partial charge in [0.25, 0.3) is 0 Å². The molecule has 234 valence electrons. The lowest BCUT2D eigenvalue weighted by molar-refractivity contribution is -0.132. The highest BCUT2D eigenvalue weighted by Gasteiger charge is 2.34. The minimum Gasteiger partial charge on any atom is -0.390 e. The van der Waals surface area contributed by atoms with Gasteiger partial charge in [0.1, 0.15) is 6.04 Å². The fourth-order valence-corrected chi connectivity index (χ4v) is 6.77. The molecule has 11 nitrogen and oxygen atoms in total. The molecule has 1 aliphatic carbocycles. The van der Waals surface area contributed by atoms with E-state index in [1.54, 1.807) is 13.8 Å². The second kappa shape index (κ2) is 17.8. The first-order valence-electron chi connectivity index (χ1n) is 14.9. The van der Waals surface area contributed by atoms with Crippen molar-refractivity contribution in [2.24, 2.45) is 17.7 Å². The van der Waals surface area contributed by atoms with E-state index in [9.17, 15) is 28.2 Å². The minimum absolute atomic E-state index is 0.146. The lowest BCUT2D eigenvalue weighted by atomic mass is 9.83. The van der Waals surface area contributed by atoms with Crippen molar-refractivity contribution >= 4 is 21.8 Å². The van der Waals surface area contributed by atoms with Gasteiger partial charge in [-0.3, -0.25) is 20.9 Å². The number of hydrazine groups is 1. The number of rotatable bonds is 18. The van der Waals surface area contributed by atoms with E-state index >= 15 is 0 Å². The van der Waals surface area contributed by atoms with Crippen LogP contribution >= 0.6 is 0 Å². The summed E-state index contributed by atoms with van der Waals surface area (Å²) in [6, 6.07) is 7.56. The van der Waals surface area contributed by atoms with E-state index in [2.05, 4.69) is 16.1 Å². The van der Waals surface area contributed by atoms with Crippen LogP contribution in [0.25, 0.3) is 0 Å². The van der Waals surface area contributed by atoms with Crippen molar-refractivity contribution in [3.05, 3.63) is 35.9 Å². The van der Waals surface area contributed by atoms with Crippen molar-refractivity contribution in [2.75, 3.05) is 25.9 Å². The first-order valence-corrected chi connectivity index (χ1v) is 16.5. The lowest BCUT2D eigenvalue weighted by Gasteiger charge is -2.33. The number of hydrogen-bond acceptors (Lipinski definition) is 8. The molecule has 41 heavy (non-hydrogen) atoms. The maximum atomic E-state index is 13.5. The second-order valence-corrected chi connectivity index (χ2v) is 13.4. The molecule has 0 bridgehead atoms. The van der Waals surface area contributed by atoms with E-state index in [1.165, 1.54) is 17.8 Å². The molecule has 2 amide bonds. The SMILES string of the molecule is CC[C@H](NC(=O)[C@H](Cc1ccccc1)CS(=O)(=O)N(C)CCNN)C(=O)N[C@@H](CC1CCCCC1)[C@@H](O)[C@@H](O)CC. The number of nitrogens with two attached hydrogens (primary N) is 1. The summed E-state index contributed by atoms with van der Waals surface area (Å²) in [5.41, 5.74) is 3.23. The molecule has 0 radical (unpaired) electrons. The zero-order chi connectivity index (χ0) is 30.4. The van der Waals surface area contributed by atoms with E-state index in [1.807, 2.05) is 30.3 Å².